The third kappa shape index (κ3) is 5.18. The highest BCUT2D eigenvalue weighted by atomic mass is 16.5. The predicted octanol–water partition coefficient (Wildman–Crippen LogP) is 2.92. The molecule has 3 nitrogen and oxygen atoms in total. The quantitative estimate of drug-likeness (QED) is 0.790. The number of nitrogens with zero attached hydrogens (tertiary/aromatic N) is 1. The second-order valence-electron chi connectivity index (χ2n) is 4.71. The molecule has 0 saturated carbocycles. The van der Waals surface area contributed by atoms with Crippen molar-refractivity contribution in [1.82, 2.24) is 10.3 Å². The van der Waals surface area contributed by atoms with Crippen LogP contribution in [0.1, 0.15) is 38.6 Å². The average molecular weight is 236 g/mol. The van der Waals surface area contributed by atoms with Crippen LogP contribution >= 0.6 is 0 Å². The van der Waals surface area contributed by atoms with E-state index < -0.39 is 0 Å². The summed E-state index contributed by atoms with van der Waals surface area (Å²) in [5, 5.41) is 3.29. The largest absolute Gasteiger partial charge is 0.492 e. The first kappa shape index (κ1) is 14.0. The van der Waals surface area contributed by atoms with E-state index in [9.17, 15) is 0 Å². The van der Waals surface area contributed by atoms with Gasteiger partial charge < -0.3 is 10.1 Å². The lowest BCUT2D eigenvalue weighted by atomic mass is 10.1. The summed E-state index contributed by atoms with van der Waals surface area (Å²) in [5.74, 6) is 1.59. The van der Waals surface area contributed by atoms with Crippen LogP contribution in [0.5, 0.6) is 5.75 Å². The zero-order valence-electron chi connectivity index (χ0n) is 11.4. The van der Waals surface area contributed by atoms with Crippen molar-refractivity contribution in [3.63, 3.8) is 0 Å². The minimum atomic E-state index is 0.672. The Kier molecular flexibility index (Phi) is 5.98. The topological polar surface area (TPSA) is 34.2 Å². The molecule has 0 unspecified atom stereocenters. The van der Waals surface area contributed by atoms with Gasteiger partial charge in [0.15, 0.2) is 0 Å². The van der Waals surface area contributed by atoms with Crippen LogP contribution in [0.2, 0.25) is 0 Å². The molecule has 17 heavy (non-hydrogen) atoms. The Labute approximate surface area is 105 Å². The molecular weight excluding hydrogens is 212 g/mol. The van der Waals surface area contributed by atoms with Gasteiger partial charge in [-0.1, -0.05) is 20.8 Å². The third-order valence-electron chi connectivity index (χ3n) is 2.57. The molecule has 0 fully saturated rings. The van der Waals surface area contributed by atoms with Crippen LogP contribution < -0.4 is 10.1 Å². The molecule has 3 heteroatoms. The number of nitrogens with one attached hydrogen (secondary N) is 1. The Morgan fingerprint density at radius 1 is 1.35 bits per heavy atom. The van der Waals surface area contributed by atoms with Crippen LogP contribution in [0, 0.1) is 12.8 Å². The Bertz CT molecular complexity index is 337. The van der Waals surface area contributed by atoms with Gasteiger partial charge in [-0.15, -0.1) is 0 Å². The molecular formula is C14H24N2O. The van der Waals surface area contributed by atoms with E-state index in [-0.39, 0.29) is 0 Å². The molecule has 1 N–H and O–H groups in total. The van der Waals surface area contributed by atoms with Crippen LogP contribution in [0.4, 0.5) is 0 Å². The maximum Gasteiger partial charge on any atom is 0.142 e. The Hall–Kier alpha value is -1.09. The van der Waals surface area contributed by atoms with Crippen LogP contribution in [-0.4, -0.2) is 18.1 Å². The molecule has 1 heterocycles. The van der Waals surface area contributed by atoms with Gasteiger partial charge in [-0.25, -0.2) is 0 Å². The first-order valence-electron chi connectivity index (χ1n) is 6.43. The van der Waals surface area contributed by atoms with Gasteiger partial charge in [-0.2, -0.15) is 0 Å². The summed E-state index contributed by atoms with van der Waals surface area (Å²) in [6.45, 7) is 11.0. The van der Waals surface area contributed by atoms with Gasteiger partial charge in [0, 0.05) is 12.2 Å². The normalized spacial score (nSPS) is 10.9. The van der Waals surface area contributed by atoms with E-state index in [1.165, 1.54) is 0 Å². The maximum atomic E-state index is 5.80. The number of hydrogen-bond donors (Lipinski definition) is 1. The number of aromatic nitrogens is 1. The zero-order chi connectivity index (χ0) is 12.7. The van der Waals surface area contributed by atoms with Crippen molar-refractivity contribution in [3.05, 3.63) is 23.5 Å². The zero-order valence-corrected chi connectivity index (χ0v) is 11.4. The highest BCUT2D eigenvalue weighted by molar-refractivity contribution is 5.29. The summed E-state index contributed by atoms with van der Waals surface area (Å²) in [5.41, 5.74) is 2.05. The van der Waals surface area contributed by atoms with Crippen molar-refractivity contribution < 1.29 is 4.74 Å². The standard InChI is InChI=1S/C14H24N2O/c1-5-15-10-13-14(7-6-12(4)16-13)17-9-8-11(2)3/h6-7,11,15H,5,8-10H2,1-4H3. The Balaban J connectivity index is 2.62. The molecule has 0 aromatic carbocycles. The predicted molar refractivity (Wildman–Crippen MR) is 71.3 cm³/mol. The average Bonchev–Trinajstić information content (AvgIpc) is 2.28. The van der Waals surface area contributed by atoms with Crippen LogP contribution in [0.25, 0.3) is 0 Å². The summed E-state index contributed by atoms with van der Waals surface area (Å²) < 4.78 is 5.80. The maximum absolute atomic E-state index is 5.80. The van der Waals surface area contributed by atoms with Gasteiger partial charge in [-0.3, -0.25) is 4.98 Å². The van der Waals surface area contributed by atoms with Gasteiger partial charge in [-0.05, 0) is 37.9 Å². The molecule has 1 aromatic rings. The minimum absolute atomic E-state index is 0.672. The summed E-state index contributed by atoms with van der Waals surface area (Å²) in [4.78, 5) is 4.52. The molecule has 0 aliphatic carbocycles. The molecule has 0 radical (unpaired) electrons. The van der Waals surface area contributed by atoms with Crippen molar-refractivity contribution in [2.75, 3.05) is 13.2 Å². The summed E-state index contributed by atoms with van der Waals surface area (Å²) in [6, 6.07) is 4.02. The van der Waals surface area contributed by atoms with Gasteiger partial charge >= 0.3 is 0 Å². The molecule has 0 aliphatic heterocycles. The van der Waals surface area contributed by atoms with Gasteiger partial charge in [0.25, 0.3) is 0 Å². The van der Waals surface area contributed by atoms with Crippen LogP contribution in [-0.2, 0) is 6.54 Å². The molecule has 1 rings (SSSR count). The van der Waals surface area contributed by atoms with Gasteiger partial charge in [0.1, 0.15) is 5.75 Å². The highest BCUT2D eigenvalue weighted by Crippen LogP contribution is 2.17. The van der Waals surface area contributed by atoms with E-state index in [1.807, 2.05) is 19.1 Å². The van der Waals surface area contributed by atoms with Crippen LogP contribution in [0.3, 0.4) is 0 Å². The first-order chi connectivity index (χ1) is 8.13. The minimum Gasteiger partial charge on any atom is -0.492 e. The second kappa shape index (κ2) is 7.28. The molecule has 1 aromatic heterocycles. The number of rotatable bonds is 7. The lowest BCUT2D eigenvalue weighted by molar-refractivity contribution is 0.284. The van der Waals surface area contributed by atoms with E-state index in [1.54, 1.807) is 0 Å². The van der Waals surface area contributed by atoms with Crippen molar-refractivity contribution in [3.8, 4) is 5.75 Å². The Morgan fingerprint density at radius 3 is 2.76 bits per heavy atom. The highest BCUT2D eigenvalue weighted by Gasteiger charge is 2.05. The smallest absolute Gasteiger partial charge is 0.142 e. The molecule has 0 atom stereocenters. The monoisotopic (exact) mass is 236 g/mol. The molecule has 0 spiro atoms. The number of hydrogen-bond acceptors (Lipinski definition) is 3. The van der Waals surface area contributed by atoms with Gasteiger partial charge in [0.2, 0.25) is 0 Å². The van der Waals surface area contributed by atoms with E-state index >= 15 is 0 Å². The molecule has 96 valence electrons. The van der Waals surface area contributed by atoms with E-state index in [2.05, 4.69) is 31.1 Å². The Morgan fingerprint density at radius 2 is 2.12 bits per heavy atom. The van der Waals surface area contributed by atoms with Crippen molar-refractivity contribution in [2.45, 2.75) is 40.7 Å². The fourth-order valence-corrected chi connectivity index (χ4v) is 1.50. The SMILES string of the molecule is CCNCc1nc(C)ccc1OCCC(C)C. The number of ether oxygens (including phenoxy) is 1. The van der Waals surface area contributed by atoms with Gasteiger partial charge in [0.05, 0.1) is 12.3 Å². The lowest BCUT2D eigenvalue weighted by Crippen LogP contribution is -2.15. The van der Waals surface area contributed by atoms with Crippen molar-refractivity contribution in [1.29, 1.82) is 0 Å². The third-order valence-corrected chi connectivity index (χ3v) is 2.57. The summed E-state index contributed by atoms with van der Waals surface area (Å²) in [6.07, 6.45) is 1.08. The van der Waals surface area contributed by atoms with Crippen molar-refractivity contribution >= 4 is 0 Å². The molecule has 0 amide bonds. The number of pyridine rings is 1. The summed E-state index contributed by atoms with van der Waals surface area (Å²) >= 11 is 0. The van der Waals surface area contributed by atoms with E-state index in [4.69, 9.17) is 4.74 Å². The summed E-state index contributed by atoms with van der Waals surface area (Å²) in [7, 11) is 0. The first-order valence-corrected chi connectivity index (χ1v) is 6.43. The fourth-order valence-electron chi connectivity index (χ4n) is 1.50. The molecule has 0 saturated heterocycles. The lowest BCUT2D eigenvalue weighted by Gasteiger charge is -2.12. The molecule has 0 bridgehead atoms. The van der Waals surface area contributed by atoms with E-state index in [0.717, 1.165) is 43.3 Å². The molecule has 0 aliphatic rings. The van der Waals surface area contributed by atoms with E-state index in [0.29, 0.717) is 5.92 Å². The number of aryl methyl sites for hydroxylation is 1. The fraction of sp³-hybridized carbons (Fsp3) is 0.643. The second-order valence-corrected chi connectivity index (χ2v) is 4.71. The van der Waals surface area contributed by atoms with Crippen molar-refractivity contribution in [2.24, 2.45) is 5.92 Å². The van der Waals surface area contributed by atoms with Crippen LogP contribution in [0.15, 0.2) is 12.1 Å².